The third kappa shape index (κ3) is 6.03. The SMILES string of the molecule is COC(=O)c1ccc(-c2c3nc(c(-c4cc[n+]([O-])cc4)c4ccc([nH]4)c(-c4cc[n+]([O-])cc4)c4nc(c(-c5cc[n+]([O-])cc5)c5ccc2[nH]5)C=C4)C=C3)cc1. The summed E-state index contributed by atoms with van der Waals surface area (Å²) in [5.41, 5.74) is 12.1. The Morgan fingerprint density at radius 2 is 0.764 bits per heavy atom. The van der Waals surface area contributed by atoms with Crippen molar-refractivity contribution in [1.82, 2.24) is 19.9 Å². The summed E-state index contributed by atoms with van der Waals surface area (Å²) in [6.45, 7) is 0. The third-order valence-corrected chi connectivity index (χ3v) is 9.62. The number of esters is 1. The normalized spacial score (nSPS) is 11.9. The lowest BCUT2D eigenvalue weighted by molar-refractivity contribution is -0.605. The maximum Gasteiger partial charge on any atom is 0.337 e. The van der Waals surface area contributed by atoms with Gasteiger partial charge < -0.3 is 30.3 Å². The van der Waals surface area contributed by atoms with Gasteiger partial charge in [0.25, 0.3) is 0 Å². The summed E-state index contributed by atoms with van der Waals surface area (Å²) in [5, 5.41) is 36.4. The molecule has 9 rings (SSSR count). The average molecular weight is 724 g/mol. The number of pyridine rings is 3. The van der Waals surface area contributed by atoms with Crippen LogP contribution in [0.25, 0.3) is 90.9 Å². The topological polar surface area (TPSA) is 164 Å². The van der Waals surface area contributed by atoms with E-state index in [9.17, 15) is 20.4 Å². The van der Waals surface area contributed by atoms with Gasteiger partial charge in [-0.2, -0.15) is 14.2 Å². The van der Waals surface area contributed by atoms with Crippen LogP contribution in [-0.2, 0) is 4.74 Å². The number of carbonyl (C=O) groups is 1. The molecule has 12 nitrogen and oxygen atoms in total. The van der Waals surface area contributed by atoms with Gasteiger partial charge in [-0.3, -0.25) is 0 Å². The van der Waals surface area contributed by atoms with Crippen LogP contribution < -0.4 is 14.2 Å². The Balaban J connectivity index is 1.44. The van der Waals surface area contributed by atoms with E-state index < -0.39 is 5.97 Å². The molecule has 8 heterocycles. The van der Waals surface area contributed by atoms with Crippen LogP contribution in [0.4, 0.5) is 0 Å². The van der Waals surface area contributed by atoms with E-state index in [1.54, 1.807) is 48.5 Å². The number of hydrogen-bond donors (Lipinski definition) is 2. The van der Waals surface area contributed by atoms with Gasteiger partial charge >= 0.3 is 5.97 Å². The molecule has 7 aromatic rings. The van der Waals surface area contributed by atoms with Crippen molar-refractivity contribution in [3.05, 3.63) is 166 Å². The van der Waals surface area contributed by atoms with Gasteiger partial charge in [0.15, 0.2) is 37.2 Å². The smallest absolute Gasteiger partial charge is 0.337 e. The Hall–Kier alpha value is -7.86. The molecule has 2 N–H and O–H groups in total. The van der Waals surface area contributed by atoms with Crippen LogP contribution >= 0.6 is 0 Å². The van der Waals surface area contributed by atoms with Crippen LogP contribution in [-0.4, -0.2) is 33.0 Å². The monoisotopic (exact) mass is 723 g/mol. The number of hydrogen-bond acceptors (Lipinski definition) is 7. The van der Waals surface area contributed by atoms with Crippen molar-refractivity contribution in [2.75, 3.05) is 7.11 Å². The summed E-state index contributed by atoms with van der Waals surface area (Å²) in [5.74, 6) is -0.443. The maximum atomic E-state index is 12.4. The second-order valence-electron chi connectivity index (χ2n) is 12.9. The molecular formula is C43H29N7O5. The van der Waals surface area contributed by atoms with E-state index in [-0.39, 0.29) is 0 Å². The van der Waals surface area contributed by atoms with Crippen LogP contribution in [0.5, 0.6) is 0 Å². The molecule has 0 saturated carbocycles. The van der Waals surface area contributed by atoms with Crippen molar-refractivity contribution in [2.45, 2.75) is 0 Å². The number of nitrogens with zero attached hydrogens (tertiary/aromatic N) is 5. The molecule has 0 amide bonds. The van der Waals surface area contributed by atoms with Gasteiger partial charge in [-0.1, -0.05) is 12.1 Å². The highest BCUT2D eigenvalue weighted by Gasteiger charge is 2.20. The minimum Gasteiger partial charge on any atom is -0.619 e. The van der Waals surface area contributed by atoms with Crippen LogP contribution in [0.2, 0.25) is 0 Å². The zero-order valence-corrected chi connectivity index (χ0v) is 29.1. The predicted molar refractivity (Wildman–Crippen MR) is 209 cm³/mol. The van der Waals surface area contributed by atoms with E-state index in [1.807, 2.05) is 60.7 Å². The summed E-state index contributed by atoms with van der Waals surface area (Å²) in [7, 11) is 1.35. The molecule has 0 saturated heterocycles. The lowest BCUT2D eigenvalue weighted by Gasteiger charge is -2.07. The molecule has 266 valence electrons. The minimum atomic E-state index is -0.443. The first-order valence-corrected chi connectivity index (χ1v) is 17.3. The maximum absolute atomic E-state index is 12.4. The molecular weight excluding hydrogens is 695 g/mol. The molecule has 0 aliphatic carbocycles. The van der Waals surface area contributed by atoms with Crippen molar-refractivity contribution >= 4 is 52.3 Å². The lowest BCUT2D eigenvalue weighted by Crippen LogP contribution is -2.23. The first-order valence-electron chi connectivity index (χ1n) is 17.3. The third-order valence-electron chi connectivity index (χ3n) is 9.62. The number of rotatable bonds is 5. The van der Waals surface area contributed by atoms with Crippen LogP contribution in [0, 0.1) is 15.6 Å². The molecule has 6 aromatic heterocycles. The van der Waals surface area contributed by atoms with Crippen molar-refractivity contribution in [3.63, 3.8) is 0 Å². The Kier molecular flexibility index (Phi) is 7.97. The molecule has 12 heteroatoms. The highest BCUT2D eigenvalue weighted by molar-refractivity contribution is 6.00. The Labute approximate surface area is 313 Å². The Morgan fingerprint density at radius 1 is 0.473 bits per heavy atom. The van der Waals surface area contributed by atoms with E-state index in [4.69, 9.17) is 14.7 Å². The zero-order valence-electron chi connectivity index (χ0n) is 29.1. The van der Waals surface area contributed by atoms with Crippen LogP contribution in [0.15, 0.2) is 122 Å². The molecule has 0 fully saturated rings. The fraction of sp³-hybridized carbons (Fsp3) is 0.0233. The summed E-state index contributed by atoms with van der Waals surface area (Å²) in [4.78, 5) is 30.0. The number of aromatic nitrogens is 7. The standard InChI is InChI=1S/C43H29N7O5/c1-55-43(51)30-4-2-26(3-5-30)39-31-6-8-33(44-31)40(27-14-20-48(52)21-15-27)35-10-12-37(46-35)42(29-18-24-50(54)25-19-29)38-13-11-36(47-38)41(34-9-7-32(39)45-34)28-16-22-49(53)23-17-28/h2-25,44,47H,1H3. The van der Waals surface area contributed by atoms with Gasteiger partial charge in [0.1, 0.15) is 0 Å². The quantitative estimate of drug-likeness (QED) is 0.110. The van der Waals surface area contributed by atoms with Gasteiger partial charge in [-0.15, -0.1) is 0 Å². The second kappa shape index (κ2) is 13.3. The predicted octanol–water partition coefficient (Wildman–Crippen LogP) is 7.01. The summed E-state index contributed by atoms with van der Waals surface area (Å²) in [6, 6.07) is 25.5. The minimum absolute atomic E-state index is 0.411. The molecule has 0 radical (unpaired) electrons. The number of fused-ring (bicyclic) bond motifs is 8. The number of nitrogens with one attached hydrogen (secondary N) is 2. The first kappa shape index (κ1) is 33.0. The van der Waals surface area contributed by atoms with Gasteiger partial charge in [-0.05, 0) is 83.0 Å². The fourth-order valence-electron chi connectivity index (χ4n) is 7.05. The average Bonchev–Trinajstić information content (AvgIpc) is 4.05. The molecule has 2 aliphatic rings. The van der Waals surface area contributed by atoms with Gasteiger partial charge in [-0.25, -0.2) is 14.8 Å². The van der Waals surface area contributed by atoms with E-state index in [1.165, 1.54) is 44.3 Å². The van der Waals surface area contributed by atoms with Crippen molar-refractivity contribution in [2.24, 2.45) is 0 Å². The van der Waals surface area contributed by atoms with Crippen molar-refractivity contribution in [1.29, 1.82) is 0 Å². The van der Waals surface area contributed by atoms with Gasteiger partial charge in [0.05, 0.1) is 35.4 Å². The van der Waals surface area contributed by atoms with Crippen molar-refractivity contribution < 1.29 is 23.7 Å². The van der Waals surface area contributed by atoms with E-state index in [2.05, 4.69) is 9.97 Å². The molecule has 2 aliphatic heterocycles. The molecule has 55 heavy (non-hydrogen) atoms. The number of carbonyl (C=O) groups excluding carboxylic acids is 1. The van der Waals surface area contributed by atoms with E-state index in [0.29, 0.717) is 28.3 Å². The fourth-order valence-corrected chi connectivity index (χ4v) is 7.05. The number of aromatic amines is 2. The number of ether oxygens (including phenoxy) is 1. The summed E-state index contributed by atoms with van der Waals surface area (Å²) in [6.07, 6.45) is 16.4. The highest BCUT2D eigenvalue weighted by Crippen LogP contribution is 2.38. The van der Waals surface area contributed by atoms with E-state index in [0.717, 1.165) is 80.8 Å². The van der Waals surface area contributed by atoms with Gasteiger partial charge in [0.2, 0.25) is 0 Å². The summed E-state index contributed by atoms with van der Waals surface area (Å²) >= 11 is 0. The second-order valence-corrected chi connectivity index (χ2v) is 12.9. The molecule has 8 bridgehead atoms. The lowest BCUT2D eigenvalue weighted by atomic mass is 10.0. The number of benzene rings is 1. The van der Waals surface area contributed by atoms with Crippen LogP contribution in [0.3, 0.4) is 0 Å². The van der Waals surface area contributed by atoms with Gasteiger partial charge in [0, 0.05) is 80.7 Å². The Morgan fingerprint density at radius 3 is 1.05 bits per heavy atom. The first-order chi connectivity index (χ1) is 26.8. The molecule has 0 unspecified atom stereocenters. The molecule has 0 atom stereocenters. The van der Waals surface area contributed by atoms with Crippen molar-refractivity contribution in [3.8, 4) is 44.5 Å². The van der Waals surface area contributed by atoms with Crippen LogP contribution in [0.1, 0.15) is 33.1 Å². The largest absolute Gasteiger partial charge is 0.619 e. The number of methoxy groups -OCH3 is 1. The molecule has 1 aromatic carbocycles. The number of H-pyrrole nitrogens is 2. The summed E-state index contributed by atoms with van der Waals surface area (Å²) < 4.78 is 7.15. The molecule has 0 spiro atoms. The highest BCUT2D eigenvalue weighted by atomic mass is 16.5. The zero-order chi connectivity index (χ0) is 37.6. The van der Waals surface area contributed by atoms with E-state index >= 15 is 0 Å². The Bertz CT molecular complexity index is 2830.